The third-order valence-corrected chi connectivity index (χ3v) is 5.58. The van der Waals surface area contributed by atoms with Gasteiger partial charge in [0.1, 0.15) is 5.75 Å². The number of guanidine groups is 1. The summed E-state index contributed by atoms with van der Waals surface area (Å²) in [5.74, 6) is 1.72. The van der Waals surface area contributed by atoms with Crippen LogP contribution in [-0.2, 0) is 11.2 Å². The normalized spacial score (nSPS) is 16.0. The molecule has 7 heteroatoms. The maximum atomic E-state index is 5.56. The minimum Gasteiger partial charge on any atom is -0.497 e. The van der Waals surface area contributed by atoms with Gasteiger partial charge in [-0.25, -0.2) is 0 Å². The number of morpholine rings is 1. The van der Waals surface area contributed by atoms with Crippen molar-refractivity contribution in [3.8, 4) is 5.75 Å². The van der Waals surface area contributed by atoms with Gasteiger partial charge in [0, 0.05) is 38.6 Å². The number of nitrogens with zero attached hydrogens (tertiary/aromatic N) is 3. The number of pyridine rings is 1. The zero-order valence-electron chi connectivity index (χ0n) is 18.9. The number of methoxy groups -OCH3 is 1. The van der Waals surface area contributed by atoms with E-state index in [9.17, 15) is 0 Å². The van der Waals surface area contributed by atoms with Gasteiger partial charge >= 0.3 is 0 Å². The first kappa shape index (κ1) is 23.0. The summed E-state index contributed by atoms with van der Waals surface area (Å²) in [6.07, 6.45) is 4.70. The van der Waals surface area contributed by atoms with Crippen molar-refractivity contribution >= 4 is 5.96 Å². The van der Waals surface area contributed by atoms with Crippen molar-refractivity contribution in [2.45, 2.75) is 26.3 Å². The predicted octanol–water partition coefficient (Wildman–Crippen LogP) is 2.57. The molecule has 1 unspecified atom stereocenters. The van der Waals surface area contributed by atoms with E-state index >= 15 is 0 Å². The average molecular weight is 426 g/mol. The van der Waals surface area contributed by atoms with Crippen LogP contribution < -0.4 is 15.4 Å². The molecule has 0 radical (unpaired) electrons. The largest absolute Gasteiger partial charge is 0.497 e. The fourth-order valence-electron chi connectivity index (χ4n) is 3.76. The molecule has 1 aromatic carbocycles. The Balaban J connectivity index is 1.67. The summed E-state index contributed by atoms with van der Waals surface area (Å²) in [6, 6.07) is 10.6. The molecule has 1 atom stereocenters. The van der Waals surface area contributed by atoms with E-state index in [0.717, 1.165) is 57.5 Å². The highest BCUT2D eigenvalue weighted by Gasteiger charge is 2.22. The summed E-state index contributed by atoms with van der Waals surface area (Å²) in [4.78, 5) is 11.6. The third-order valence-electron chi connectivity index (χ3n) is 5.58. The van der Waals surface area contributed by atoms with Gasteiger partial charge in [0.05, 0.1) is 32.9 Å². The number of hydrogen-bond acceptors (Lipinski definition) is 5. The number of ether oxygens (including phenoxy) is 2. The molecule has 0 amide bonds. The van der Waals surface area contributed by atoms with Crippen LogP contribution in [0.3, 0.4) is 0 Å². The molecule has 1 fully saturated rings. The first-order valence-corrected chi connectivity index (χ1v) is 11.1. The highest BCUT2D eigenvalue weighted by Crippen LogP contribution is 2.24. The van der Waals surface area contributed by atoms with E-state index < -0.39 is 0 Å². The minimum absolute atomic E-state index is 0.202. The molecule has 0 spiro atoms. The second kappa shape index (κ2) is 12.3. The van der Waals surface area contributed by atoms with Crippen LogP contribution >= 0.6 is 0 Å². The number of aryl methyl sites for hydroxylation is 1. The van der Waals surface area contributed by atoms with Crippen molar-refractivity contribution in [3.63, 3.8) is 0 Å². The average Bonchev–Trinajstić information content (AvgIpc) is 2.81. The third kappa shape index (κ3) is 6.94. The zero-order valence-corrected chi connectivity index (χ0v) is 18.9. The first-order chi connectivity index (χ1) is 15.2. The number of aromatic nitrogens is 1. The van der Waals surface area contributed by atoms with E-state index in [1.165, 1.54) is 16.7 Å². The predicted molar refractivity (Wildman–Crippen MR) is 125 cm³/mol. The molecule has 2 aromatic rings. The molecule has 31 heavy (non-hydrogen) atoms. The van der Waals surface area contributed by atoms with Gasteiger partial charge in [-0.2, -0.15) is 0 Å². The Hall–Kier alpha value is -2.64. The van der Waals surface area contributed by atoms with Crippen molar-refractivity contribution in [1.82, 2.24) is 20.5 Å². The maximum absolute atomic E-state index is 5.56. The molecule has 168 valence electrons. The SMILES string of the molecule is CCNC(=NCC(c1ccc(OC)cc1)N1CCOCC1)NCCc1ccncc1C. The summed E-state index contributed by atoms with van der Waals surface area (Å²) in [7, 11) is 1.70. The molecule has 3 rings (SSSR count). The highest BCUT2D eigenvalue weighted by molar-refractivity contribution is 5.79. The monoisotopic (exact) mass is 425 g/mol. The first-order valence-electron chi connectivity index (χ1n) is 11.1. The summed E-state index contributed by atoms with van der Waals surface area (Å²) < 4.78 is 10.9. The van der Waals surface area contributed by atoms with Gasteiger partial charge in [0.25, 0.3) is 0 Å². The Labute approximate surface area is 185 Å². The van der Waals surface area contributed by atoms with Crippen molar-refractivity contribution in [2.75, 3.05) is 53.0 Å². The van der Waals surface area contributed by atoms with Crippen molar-refractivity contribution in [1.29, 1.82) is 0 Å². The molecule has 0 saturated carbocycles. The molecule has 2 N–H and O–H groups in total. The van der Waals surface area contributed by atoms with Crippen LogP contribution in [0.5, 0.6) is 5.75 Å². The van der Waals surface area contributed by atoms with E-state index in [2.05, 4.69) is 52.6 Å². The molecular formula is C24H35N5O2. The van der Waals surface area contributed by atoms with Crippen LogP contribution in [0, 0.1) is 6.92 Å². The summed E-state index contributed by atoms with van der Waals surface area (Å²) in [5.41, 5.74) is 3.77. The Morgan fingerprint density at radius 2 is 1.97 bits per heavy atom. The van der Waals surface area contributed by atoms with Crippen LogP contribution in [0.1, 0.15) is 29.7 Å². The number of benzene rings is 1. The lowest BCUT2D eigenvalue weighted by Crippen LogP contribution is -2.42. The van der Waals surface area contributed by atoms with E-state index in [1.54, 1.807) is 7.11 Å². The lowest BCUT2D eigenvalue weighted by atomic mass is 10.0. The highest BCUT2D eigenvalue weighted by atomic mass is 16.5. The smallest absolute Gasteiger partial charge is 0.191 e. The van der Waals surface area contributed by atoms with E-state index in [0.29, 0.717) is 6.54 Å². The summed E-state index contributed by atoms with van der Waals surface area (Å²) in [6.45, 7) is 9.87. The fraction of sp³-hybridized carbons (Fsp3) is 0.500. The topological polar surface area (TPSA) is 71.0 Å². The van der Waals surface area contributed by atoms with Crippen molar-refractivity contribution in [3.05, 3.63) is 59.4 Å². The maximum Gasteiger partial charge on any atom is 0.191 e. The molecule has 1 aliphatic rings. The van der Waals surface area contributed by atoms with Gasteiger partial charge in [0.15, 0.2) is 5.96 Å². The van der Waals surface area contributed by atoms with Crippen molar-refractivity contribution in [2.24, 2.45) is 4.99 Å². The van der Waals surface area contributed by atoms with Crippen LogP contribution in [-0.4, -0.2) is 68.9 Å². The van der Waals surface area contributed by atoms with Gasteiger partial charge in [-0.1, -0.05) is 12.1 Å². The molecule has 2 heterocycles. The van der Waals surface area contributed by atoms with Crippen molar-refractivity contribution < 1.29 is 9.47 Å². The van der Waals surface area contributed by atoms with Gasteiger partial charge in [0.2, 0.25) is 0 Å². The van der Waals surface area contributed by atoms with Crippen LogP contribution in [0.4, 0.5) is 0 Å². The van der Waals surface area contributed by atoms with Gasteiger partial charge < -0.3 is 20.1 Å². The van der Waals surface area contributed by atoms with Crippen LogP contribution in [0.2, 0.25) is 0 Å². The number of aliphatic imine (C=N–C) groups is 1. The second-order valence-corrected chi connectivity index (χ2v) is 7.64. The van der Waals surface area contributed by atoms with Crippen LogP contribution in [0.15, 0.2) is 47.7 Å². The van der Waals surface area contributed by atoms with Gasteiger partial charge in [-0.3, -0.25) is 14.9 Å². The number of rotatable bonds is 9. The van der Waals surface area contributed by atoms with E-state index in [4.69, 9.17) is 14.5 Å². The molecule has 7 nitrogen and oxygen atoms in total. The zero-order chi connectivity index (χ0) is 21.9. The molecule has 1 aromatic heterocycles. The second-order valence-electron chi connectivity index (χ2n) is 7.64. The number of nitrogens with one attached hydrogen (secondary N) is 2. The Morgan fingerprint density at radius 3 is 2.65 bits per heavy atom. The Morgan fingerprint density at radius 1 is 1.19 bits per heavy atom. The van der Waals surface area contributed by atoms with Crippen LogP contribution in [0.25, 0.3) is 0 Å². The summed E-state index contributed by atoms with van der Waals surface area (Å²) >= 11 is 0. The Bertz CT molecular complexity index is 819. The number of hydrogen-bond donors (Lipinski definition) is 2. The Kier molecular flexibility index (Phi) is 9.12. The molecule has 1 saturated heterocycles. The molecule has 1 aliphatic heterocycles. The standard InChI is InChI=1S/C24H35N5O2/c1-4-26-24(27-12-10-20-9-11-25-17-19(20)2)28-18-23(29-13-15-31-16-14-29)21-5-7-22(30-3)8-6-21/h5-9,11,17,23H,4,10,12-16,18H2,1-3H3,(H2,26,27,28). The van der Waals surface area contributed by atoms with E-state index in [-0.39, 0.29) is 6.04 Å². The van der Waals surface area contributed by atoms with Gasteiger partial charge in [-0.05, 0) is 55.2 Å². The lowest BCUT2D eigenvalue weighted by Gasteiger charge is -2.34. The van der Waals surface area contributed by atoms with Gasteiger partial charge in [-0.15, -0.1) is 0 Å². The molecule has 0 bridgehead atoms. The fourth-order valence-corrected chi connectivity index (χ4v) is 3.76. The molecule has 0 aliphatic carbocycles. The summed E-state index contributed by atoms with van der Waals surface area (Å²) in [5, 5.41) is 6.85. The quantitative estimate of drug-likeness (QED) is 0.475. The lowest BCUT2D eigenvalue weighted by molar-refractivity contribution is 0.0179. The molecular weight excluding hydrogens is 390 g/mol. The minimum atomic E-state index is 0.202. The van der Waals surface area contributed by atoms with E-state index in [1.807, 2.05) is 24.5 Å².